The molecule has 0 bridgehead atoms. The van der Waals surface area contributed by atoms with Crippen molar-refractivity contribution in [3.8, 4) is 0 Å². The van der Waals surface area contributed by atoms with Gasteiger partial charge in [-0.1, -0.05) is 23.2 Å². The Kier molecular flexibility index (Phi) is 4.35. The molecule has 0 heterocycles. The van der Waals surface area contributed by atoms with Crippen molar-refractivity contribution in [3.05, 3.63) is 64.7 Å². The first-order chi connectivity index (χ1) is 9.06. The predicted octanol–water partition coefficient (Wildman–Crippen LogP) is 4.63. The summed E-state index contributed by atoms with van der Waals surface area (Å²) < 4.78 is 25.6. The summed E-state index contributed by atoms with van der Waals surface area (Å²) in [6.45, 7) is 0. The van der Waals surface area contributed by atoms with Crippen LogP contribution in [0.25, 0.3) is 0 Å². The number of nitrogens with one attached hydrogen (secondary N) is 1. The van der Waals surface area contributed by atoms with E-state index in [9.17, 15) is 8.78 Å². The molecule has 6 heteroatoms. The molecule has 0 saturated carbocycles. The summed E-state index contributed by atoms with van der Waals surface area (Å²) in [7, 11) is 0. The number of rotatable bonds is 3. The van der Waals surface area contributed by atoms with E-state index in [2.05, 4.69) is 10.5 Å². The molecule has 0 spiro atoms. The van der Waals surface area contributed by atoms with Gasteiger partial charge in [-0.05, 0) is 42.5 Å². The molecule has 2 aromatic carbocycles. The fourth-order valence-electron chi connectivity index (χ4n) is 1.34. The predicted molar refractivity (Wildman–Crippen MR) is 73.8 cm³/mol. The van der Waals surface area contributed by atoms with Gasteiger partial charge >= 0.3 is 0 Å². The first-order valence-electron chi connectivity index (χ1n) is 5.26. The molecule has 2 aromatic rings. The average Bonchev–Trinajstić information content (AvgIpc) is 2.38. The van der Waals surface area contributed by atoms with Gasteiger partial charge in [0, 0.05) is 5.56 Å². The molecule has 0 saturated heterocycles. The molecule has 0 aromatic heterocycles. The highest BCUT2D eigenvalue weighted by Crippen LogP contribution is 2.22. The van der Waals surface area contributed by atoms with E-state index in [1.165, 1.54) is 36.4 Å². The highest BCUT2D eigenvalue weighted by Gasteiger charge is 2.03. The molecule has 1 N–H and O–H groups in total. The maximum absolute atomic E-state index is 12.8. The maximum Gasteiger partial charge on any atom is 0.156 e. The largest absolute Gasteiger partial charge is 0.276 e. The summed E-state index contributed by atoms with van der Waals surface area (Å²) in [6, 6.07) is 9.39. The van der Waals surface area contributed by atoms with Crippen LogP contribution in [0.2, 0.25) is 5.02 Å². The van der Waals surface area contributed by atoms with Gasteiger partial charge in [0.1, 0.15) is 11.6 Å². The Morgan fingerprint density at radius 1 is 1.00 bits per heavy atom. The van der Waals surface area contributed by atoms with Gasteiger partial charge in [-0.3, -0.25) is 5.43 Å². The Morgan fingerprint density at radius 2 is 1.63 bits per heavy atom. The first-order valence-corrected chi connectivity index (χ1v) is 6.02. The van der Waals surface area contributed by atoms with Crippen LogP contribution in [-0.2, 0) is 0 Å². The Morgan fingerprint density at radius 3 is 2.26 bits per heavy atom. The third-order valence-corrected chi connectivity index (χ3v) is 2.90. The van der Waals surface area contributed by atoms with Gasteiger partial charge in [0.15, 0.2) is 5.17 Å². The third-order valence-electron chi connectivity index (χ3n) is 2.29. The Hall–Kier alpha value is -1.65. The molecule has 0 aliphatic carbocycles. The molecule has 98 valence electrons. The van der Waals surface area contributed by atoms with Crippen LogP contribution in [0.3, 0.4) is 0 Å². The number of hydrazone groups is 1. The van der Waals surface area contributed by atoms with Crippen LogP contribution in [0, 0.1) is 11.6 Å². The van der Waals surface area contributed by atoms with Gasteiger partial charge in [-0.2, -0.15) is 5.10 Å². The van der Waals surface area contributed by atoms with E-state index < -0.39 is 5.82 Å². The number of benzene rings is 2. The highest BCUT2D eigenvalue weighted by atomic mass is 35.5. The Bertz CT molecular complexity index is 613. The van der Waals surface area contributed by atoms with E-state index in [-0.39, 0.29) is 16.0 Å². The lowest BCUT2D eigenvalue weighted by molar-refractivity contribution is 0.627. The minimum atomic E-state index is -0.441. The lowest BCUT2D eigenvalue weighted by atomic mass is 10.2. The normalized spacial score (nSPS) is 11.5. The van der Waals surface area contributed by atoms with Gasteiger partial charge in [0.25, 0.3) is 0 Å². The molecule has 2 nitrogen and oxygen atoms in total. The van der Waals surface area contributed by atoms with Crippen LogP contribution in [-0.4, -0.2) is 5.17 Å². The summed E-state index contributed by atoms with van der Waals surface area (Å²) in [5, 5.41) is 4.21. The van der Waals surface area contributed by atoms with E-state index >= 15 is 0 Å². The molecule has 0 aliphatic heterocycles. The molecule has 0 atom stereocenters. The maximum atomic E-state index is 12.8. The average molecular weight is 301 g/mol. The summed E-state index contributed by atoms with van der Waals surface area (Å²) in [4.78, 5) is 0. The number of nitrogens with zero attached hydrogens (tertiary/aromatic N) is 1. The summed E-state index contributed by atoms with van der Waals surface area (Å²) in [5.41, 5.74) is 3.59. The van der Waals surface area contributed by atoms with Crippen LogP contribution in [0.5, 0.6) is 0 Å². The molecule has 2 rings (SSSR count). The zero-order chi connectivity index (χ0) is 13.8. The summed E-state index contributed by atoms with van der Waals surface area (Å²) >= 11 is 11.8. The molecule has 0 amide bonds. The lowest BCUT2D eigenvalue weighted by Crippen LogP contribution is -1.98. The quantitative estimate of drug-likeness (QED) is 0.648. The van der Waals surface area contributed by atoms with Crippen molar-refractivity contribution >= 4 is 34.1 Å². The minimum absolute atomic E-state index is 0.139. The van der Waals surface area contributed by atoms with E-state index in [0.717, 1.165) is 6.07 Å². The standard InChI is InChI=1S/C13H8Cl2F2N2/c14-11-7-10(17)5-6-12(11)18-19-13(15)8-1-3-9(16)4-2-8/h1-7,18H. The van der Waals surface area contributed by atoms with Crippen LogP contribution in [0.1, 0.15) is 5.56 Å². The number of halogens is 4. The molecule has 0 radical (unpaired) electrons. The van der Waals surface area contributed by atoms with E-state index in [1.807, 2.05) is 0 Å². The minimum Gasteiger partial charge on any atom is -0.276 e. The molecule has 0 fully saturated rings. The van der Waals surface area contributed by atoms with E-state index in [4.69, 9.17) is 23.2 Å². The zero-order valence-electron chi connectivity index (χ0n) is 9.50. The highest BCUT2D eigenvalue weighted by molar-refractivity contribution is 6.69. The number of anilines is 1. The van der Waals surface area contributed by atoms with Crippen molar-refractivity contribution in [1.29, 1.82) is 0 Å². The van der Waals surface area contributed by atoms with Gasteiger partial charge in [0.05, 0.1) is 10.7 Å². The Labute approximate surface area is 118 Å². The van der Waals surface area contributed by atoms with Crippen molar-refractivity contribution in [3.63, 3.8) is 0 Å². The third kappa shape index (κ3) is 3.66. The van der Waals surface area contributed by atoms with Crippen LogP contribution in [0.4, 0.5) is 14.5 Å². The monoisotopic (exact) mass is 300 g/mol. The first kappa shape index (κ1) is 13.8. The number of hydrogen-bond acceptors (Lipinski definition) is 2. The van der Waals surface area contributed by atoms with Gasteiger partial charge in [-0.25, -0.2) is 8.78 Å². The second kappa shape index (κ2) is 5.99. The van der Waals surface area contributed by atoms with E-state index in [0.29, 0.717) is 11.3 Å². The van der Waals surface area contributed by atoms with E-state index in [1.54, 1.807) is 0 Å². The van der Waals surface area contributed by atoms with Gasteiger partial charge < -0.3 is 0 Å². The molecular formula is C13H8Cl2F2N2. The second-order valence-electron chi connectivity index (χ2n) is 3.65. The summed E-state index contributed by atoms with van der Waals surface area (Å²) in [6.07, 6.45) is 0. The topological polar surface area (TPSA) is 24.4 Å². The van der Waals surface area contributed by atoms with Crippen molar-refractivity contribution in [2.45, 2.75) is 0 Å². The lowest BCUT2D eigenvalue weighted by Gasteiger charge is -2.04. The van der Waals surface area contributed by atoms with Crippen molar-refractivity contribution in [2.24, 2.45) is 5.10 Å². The second-order valence-corrected chi connectivity index (χ2v) is 4.41. The van der Waals surface area contributed by atoms with Crippen LogP contribution >= 0.6 is 23.2 Å². The Balaban J connectivity index is 2.15. The SMILES string of the molecule is Fc1ccc(C(Cl)=NNc2ccc(F)cc2Cl)cc1. The van der Waals surface area contributed by atoms with Crippen LogP contribution < -0.4 is 5.43 Å². The van der Waals surface area contributed by atoms with Crippen LogP contribution in [0.15, 0.2) is 47.6 Å². The zero-order valence-corrected chi connectivity index (χ0v) is 11.0. The molecule has 19 heavy (non-hydrogen) atoms. The van der Waals surface area contributed by atoms with Crippen molar-refractivity contribution in [1.82, 2.24) is 0 Å². The fraction of sp³-hybridized carbons (Fsp3) is 0. The fourth-order valence-corrected chi connectivity index (χ4v) is 1.72. The number of hydrogen-bond donors (Lipinski definition) is 1. The van der Waals surface area contributed by atoms with Gasteiger partial charge in [-0.15, -0.1) is 0 Å². The molecule has 0 unspecified atom stereocenters. The smallest absolute Gasteiger partial charge is 0.156 e. The van der Waals surface area contributed by atoms with Crippen molar-refractivity contribution < 1.29 is 8.78 Å². The summed E-state index contributed by atoms with van der Waals surface area (Å²) in [5.74, 6) is -0.799. The van der Waals surface area contributed by atoms with Crippen molar-refractivity contribution in [2.75, 3.05) is 5.43 Å². The molecular weight excluding hydrogens is 293 g/mol. The van der Waals surface area contributed by atoms with Gasteiger partial charge in [0.2, 0.25) is 0 Å². The molecule has 0 aliphatic rings.